The molecule has 4 nitrogen and oxygen atoms in total. The Bertz CT molecular complexity index is 459. The number of thioether (sulfide) groups is 8. The Morgan fingerprint density at radius 2 is 1.09 bits per heavy atom. The third-order valence-electron chi connectivity index (χ3n) is 5.26. The van der Waals surface area contributed by atoms with E-state index in [0.29, 0.717) is 23.7 Å². The van der Waals surface area contributed by atoms with E-state index >= 15 is 0 Å². The van der Waals surface area contributed by atoms with Gasteiger partial charge in [0.05, 0.1) is 38.6 Å². The van der Waals surface area contributed by atoms with Gasteiger partial charge in [-0.15, -0.1) is 0 Å². The summed E-state index contributed by atoms with van der Waals surface area (Å²) in [6.07, 6.45) is -0.725. The van der Waals surface area contributed by atoms with Crippen LogP contribution in [0.1, 0.15) is 0 Å². The van der Waals surface area contributed by atoms with Crippen LogP contribution in [-0.4, -0.2) is 139 Å². The van der Waals surface area contributed by atoms with Gasteiger partial charge in [0, 0.05) is 90.0 Å². The number of aliphatic hydroxyl groups is 2. The topological polar surface area (TPSA) is 58.9 Å². The van der Waals surface area contributed by atoms with Crippen molar-refractivity contribution in [3.63, 3.8) is 0 Å². The summed E-state index contributed by atoms with van der Waals surface area (Å²) < 4.78 is 11.7. The Hall–Kier alpha value is 2.64. The van der Waals surface area contributed by atoms with E-state index in [1.54, 1.807) is 0 Å². The maximum absolute atomic E-state index is 10.2. The van der Waals surface area contributed by atoms with Gasteiger partial charge < -0.3 is 19.7 Å². The quantitative estimate of drug-likeness (QED) is 0.260. The van der Waals surface area contributed by atoms with Crippen LogP contribution in [0.3, 0.4) is 0 Å². The van der Waals surface area contributed by atoms with Gasteiger partial charge >= 0.3 is 0 Å². The van der Waals surface area contributed by atoms with E-state index in [2.05, 4.69) is 47.0 Å². The van der Waals surface area contributed by atoms with E-state index in [0.717, 1.165) is 58.2 Å². The number of hydrogen-bond acceptors (Lipinski definition) is 12. The SMILES string of the molecule is OC(COCC1CSC(COCC(O)CSCC2CSCCS2)CS1)CSCC1CSCCS1. The summed E-state index contributed by atoms with van der Waals surface area (Å²) in [6, 6.07) is 0. The number of ether oxygens (including phenoxy) is 2. The summed E-state index contributed by atoms with van der Waals surface area (Å²) in [5.41, 5.74) is 0. The minimum atomic E-state index is -0.362. The zero-order chi connectivity index (χ0) is 23.8. The highest BCUT2D eigenvalue weighted by atomic mass is 32.2. The largest absolute Gasteiger partial charge is 0.390 e. The standard InChI is InChI=1S/C22H40O4S8/c23-17(9-29-13-21-11-27-1-3-31-21)5-25-7-19-15-34-20(16-33-19)8-26-6-18(24)10-30-14-22-12-28-2-4-32-22/h17-24H,1-16H2. The van der Waals surface area contributed by atoms with Crippen molar-refractivity contribution in [3.8, 4) is 0 Å². The Morgan fingerprint density at radius 3 is 1.47 bits per heavy atom. The average molecular weight is 625 g/mol. The van der Waals surface area contributed by atoms with E-state index in [-0.39, 0.29) is 12.2 Å². The highest BCUT2D eigenvalue weighted by Gasteiger charge is 2.23. The predicted molar refractivity (Wildman–Crippen MR) is 168 cm³/mol. The fraction of sp³-hybridized carbons (Fsp3) is 1.00. The molecular weight excluding hydrogens is 585 g/mol. The monoisotopic (exact) mass is 624 g/mol. The number of hydrogen-bond donors (Lipinski definition) is 2. The second-order valence-corrected chi connectivity index (χ2v) is 18.4. The lowest BCUT2D eigenvalue weighted by atomic mass is 10.4. The molecule has 200 valence electrons. The maximum Gasteiger partial charge on any atom is 0.0863 e. The van der Waals surface area contributed by atoms with Gasteiger partial charge in [-0.25, -0.2) is 0 Å². The molecule has 0 amide bonds. The molecule has 3 aliphatic heterocycles. The average Bonchev–Trinajstić information content (AvgIpc) is 2.86. The molecule has 0 bridgehead atoms. The summed E-state index contributed by atoms with van der Waals surface area (Å²) >= 11 is 15.9. The molecule has 34 heavy (non-hydrogen) atoms. The molecule has 0 spiro atoms. The molecule has 3 fully saturated rings. The zero-order valence-corrected chi connectivity index (χ0v) is 26.3. The second-order valence-electron chi connectivity index (χ2n) is 8.50. The van der Waals surface area contributed by atoms with E-state index in [4.69, 9.17) is 9.47 Å². The molecule has 0 aromatic heterocycles. The van der Waals surface area contributed by atoms with E-state index in [9.17, 15) is 10.2 Å². The summed E-state index contributed by atoms with van der Waals surface area (Å²) in [4.78, 5) is 0. The number of rotatable bonds is 16. The molecule has 0 aromatic rings. The van der Waals surface area contributed by atoms with Crippen LogP contribution in [0.2, 0.25) is 0 Å². The van der Waals surface area contributed by atoms with Crippen molar-refractivity contribution in [2.24, 2.45) is 0 Å². The van der Waals surface area contributed by atoms with Crippen LogP contribution in [0.15, 0.2) is 0 Å². The van der Waals surface area contributed by atoms with Gasteiger partial charge in [0.2, 0.25) is 0 Å². The Labute approximate surface area is 240 Å². The molecule has 0 aliphatic carbocycles. The third kappa shape index (κ3) is 14.1. The van der Waals surface area contributed by atoms with Gasteiger partial charge in [0.15, 0.2) is 0 Å². The zero-order valence-electron chi connectivity index (χ0n) is 19.8. The predicted octanol–water partition coefficient (Wildman–Crippen LogP) is 4.12. The van der Waals surface area contributed by atoms with Crippen molar-refractivity contribution in [2.75, 3.05) is 95.5 Å². The minimum Gasteiger partial charge on any atom is -0.390 e. The first-order chi connectivity index (χ1) is 16.7. The van der Waals surface area contributed by atoms with Crippen LogP contribution >= 0.6 is 94.1 Å². The molecule has 6 atom stereocenters. The van der Waals surface area contributed by atoms with Crippen molar-refractivity contribution < 1.29 is 19.7 Å². The van der Waals surface area contributed by atoms with Crippen molar-refractivity contribution in [1.82, 2.24) is 0 Å². The van der Waals surface area contributed by atoms with Crippen LogP contribution in [0.5, 0.6) is 0 Å². The summed E-state index contributed by atoms with van der Waals surface area (Å²) in [5, 5.41) is 22.9. The molecule has 3 saturated heterocycles. The summed E-state index contributed by atoms with van der Waals surface area (Å²) in [7, 11) is 0. The second kappa shape index (κ2) is 19.7. The first kappa shape index (κ1) is 31.2. The lowest BCUT2D eigenvalue weighted by Gasteiger charge is -2.28. The fourth-order valence-corrected chi connectivity index (χ4v) is 14.5. The van der Waals surface area contributed by atoms with Gasteiger partial charge in [-0.3, -0.25) is 0 Å². The van der Waals surface area contributed by atoms with E-state index in [1.807, 2.05) is 47.0 Å². The summed E-state index contributed by atoms with van der Waals surface area (Å²) in [5.74, 6) is 13.6. The lowest BCUT2D eigenvalue weighted by molar-refractivity contribution is 0.0490. The highest BCUT2D eigenvalue weighted by molar-refractivity contribution is 8.08. The van der Waals surface area contributed by atoms with Crippen LogP contribution in [0.25, 0.3) is 0 Å². The first-order valence-electron chi connectivity index (χ1n) is 12.0. The van der Waals surface area contributed by atoms with Crippen LogP contribution in [-0.2, 0) is 9.47 Å². The highest BCUT2D eigenvalue weighted by Crippen LogP contribution is 2.31. The Kier molecular flexibility index (Phi) is 18.0. The van der Waals surface area contributed by atoms with E-state index in [1.165, 1.54) is 34.5 Å². The molecule has 6 unspecified atom stereocenters. The molecule has 12 heteroatoms. The van der Waals surface area contributed by atoms with Gasteiger partial charge in [0.1, 0.15) is 0 Å². The molecular formula is C22H40O4S8. The molecule has 0 radical (unpaired) electrons. The van der Waals surface area contributed by atoms with Gasteiger partial charge in [-0.05, 0) is 0 Å². The maximum atomic E-state index is 10.2. The first-order valence-corrected chi connectivity index (χ1v) is 20.8. The van der Waals surface area contributed by atoms with Gasteiger partial charge in [-0.2, -0.15) is 94.1 Å². The van der Waals surface area contributed by atoms with Crippen molar-refractivity contribution >= 4 is 94.1 Å². The molecule has 0 saturated carbocycles. The van der Waals surface area contributed by atoms with Crippen molar-refractivity contribution in [2.45, 2.75) is 33.2 Å². The third-order valence-corrected chi connectivity index (χ3v) is 17.1. The summed E-state index contributed by atoms with van der Waals surface area (Å²) in [6.45, 7) is 2.33. The van der Waals surface area contributed by atoms with Crippen LogP contribution in [0, 0.1) is 0 Å². The van der Waals surface area contributed by atoms with Gasteiger partial charge in [-0.1, -0.05) is 0 Å². The smallest absolute Gasteiger partial charge is 0.0863 e. The van der Waals surface area contributed by atoms with Crippen LogP contribution in [0.4, 0.5) is 0 Å². The normalized spacial score (nSPS) is 30.2. The van der Waals surface area contributed by atoms with Crippen molar-refractivity contribution in [1.29, 1.82) is 0 Å². The molecule has 3 rings (SSSR count). The molecule has 3 heterocycles. The van der Waals surface area contributed by atoms with Crippen molar-refractivity contribution in [3.05, 3.63) is 0 Å². The molecule has 3 aliphatic rings. The fourth-order valence-electron chi connectivity index (χ4n) is 3.48. The lowest BCUT2D eigenvalue weighted by Crippen LogP contribution is -2.30. The Balaban J connectivity index is 1.11. The van der Waals surface area contributed by atoms with Crippen LogP contribution < -0.4 is 0 Å². The Morgan fingerprint density at radius 1 is 0.618 bits per heavy atom. The molecule has 2 N–H and O–H groups in total. The minimum absolute atomic E-state index is 0.362. The number of aliphatic hydroxyl groups excluding tert-OH is 2. The van der Waals surface area contributed by atoms with Gasteiger partial charge in [0.25, 0.3) is 0 Å². The molecule has 0 aromatic carbocycles. The van der Waals surface area contributed by atoms with E-state index < -0.39 is 0 Å².